The van der Waals surface area contributed by atoms with Crippen LogP contribution in [-0.2, 0) is 6.18 Å². The first-order valence-electron chi connectivity index (χ1n) is 7.81. The van der Waals surface area contributed by atoms with Crippen molar-refractivity contribution in [3.63, 3.8) is 0 Å². The van der Waals surface area contributed by atoms with Crippen LogP contribution >= 0.6 is 12.4 Å². The lowest BCUT2D eigenvalue weighted by atomic mass is 10.1. The molecule has 12 heteroatoms. The molecule has 28 heavy (non-hydrogen) atoms. The van der Waals surface area contributed by atoms with Gasteiger partial charge in [-0.05, 0) is 18.2 Å². The Morgan fingerprint density at radius 1 is 1.36 bits per heavy atom. The first-order valence-corrected chi connectivity index (χ1v) is 7.81. The van der Waals surface area contributed by atoms with Crippen LogP contribution in [0.5, 0.6) is 0 Å². The van der Waals surface area contributed by atoms with Gasteiger partial charge in [-0.1, -0.05) is 6.07 Å². The molecule has 0 spiro atoms. The Kier molecular flexibility index (Phi) is 5.98. The lowest BCUT2D eigenvalue weighted by Gasteiger charge is -2.20. The number of rotatable bonds is 3. The van der Waals surface area contributed by atoms with Crippen LogP contribution in [0.3, 0.4) is 0 Å². The van der Waals surface area contributed by atoms with Crippen molar-refractivity contribution in [2.45, 2.75) is 6.18 Å². The summed E-state index contributed by atoms with van der Waals surface area (Å²) in [4.78, 5) is 34.5. The zero-order valence-corrected chi connectivity index (χ0v) is 15.3. The summed E-state index contributed by atoms with van der Waals surface area (Å²) >= 11 is 0. The Labute approximate surface area is 163 Å². The third kappa shape index (κ3) is 4.09. The van der Waals surface area contributed by atoms with Crippen molar-refractivity contribution in [2.24, 2.45) is 0 Å². The number of urea groups is 1. The van der Waals surface area contributed by atoms with E-state index >= 15 is 0 Å². The van der Waals surface area contributed by atoms with Gasteiger partial charge in [-0.15, -0.1) is 12.4 Å². The highest BCUT2D eigenvalue weighted by Gasteiger charge is 2.31. The summed E-state index contributed by atoms with van der Waals surface area (Å²) in [7, 11) is 1.32. The second kappa shape index (κ2) is 7.89. The number of anilines is 3. The largest absolute Gasteiger partial charge is 0.416 e. The van der Waals surface area contributed by atoms with Crippen LogP contribution in [-0.4, -0.2) is 42.0 Å². The molecule has 3 amide bonds. The number of aromatic nitrogens is 2. The van der Waals surface area contributed by atoms with Crippen molar-refractivity contribution in [3.05, 3.63) is 41.6 Å². The molecule has 150 valence electrons. The number of nitrogens with zero attached hydrogens (tertiary/aromatic N) is 4. The van der Waals surface area contributed by atoms with E-state index in [1.807, 2.05) is 0 Å². The number of alkyl halides is 3. The molecule has 0 radical (unpaired) electrons. The molecular weight excluding hydrogens is 401 g/mol. The van der Waals surface area contributed by atoms with Gasteiger partial charge in [-0.25, -0.2) is 9.78 Å². The van der Waals surface area contributed by atoms with Crippen LogP contribution in [0.4, 0.5) is 35.4 Å². The molecule has 0 atom stereocenters. The molecule has 1 aromatic carbocycles. The van der Waals surface area contributed by atoms with Crippen LogP contribution in [0.25, 0.3) is 0 Å². The fourth-order valence-electron chi connectivity index (χ4n) is 2.53. The number of benzene rings is 1. The summed E-state index contributed by atoms with van der Waals surface area (Å²) in [5, 5.41) is 2.58. The molecule has 1 aliphatic rings. The molecule has 1 saturated heterocycles. The molecular formula is C16H16ClF3N6O2. The minimum Gasteiger partial charge on any atom is -0.383 e. The minimum absolute atomic E-state index is 0. The minimum atomic E-state index is -4.53. The summed E-state index contributed by atoms with van der Waals surface area (Å²) in [5.74, 6) is -0.812. The van der Waals surface area contributed by atoms with Crippen LogP contribution in [0.2, 0.25) is 0 Å². The van der Waals surface area contributed by atoms with Gasteiger partial charge in [0.2, 0.25) is 5.95 Å². The molecule has 0 aliphatic carbocycles. The van der Waals surface area contributed by atoms with Gasteiger partial charge >= 0.3 is 12.2 Å². The number of carbonyl (C=O) groups excluding carboxylic acids is 2. The smallest absolute Gasteiger partial charge is 0.383 e. The van der Waals surface area contributed by atoms with E-state index in [0.29, 0.717) is 13.1 Å². The second-order valence-electron chi connectivity index (χ2n) is 5.76. The fraction of sp³-hybridized carbons (Fsp3) is 0.250. The normalized spacial score (nSPS) is 13.7. The topological polar surface area (TPSA) is 104 Å². The van der Waals surface area contributed by atoms with Crippen molar-refractivity contribution in [3.8, 4) is 0 Å². The van der Waals surface area contributed by atoms with Crippen LogP contribution < -0.4 is 20.9 Å². The van der Waals surface area contributed by atoms with Gasteiger partial charge in [-0.3, -0.25) is 9.69 Å². The molecule has 8 nitrogen and oxygen atoms in total. The summed E-state index contributed by atoms with van der Waals surface area (Å²) in [5.41, 5.74) is 4.89. The third-order valence-electron chi connectivity index (χ3n) is 4.00. The van der Waals surface area contributed by atoms with Crippen molar-refractivity contribution in [1.82, 2.24) is 15.3 Å². The Bertz CT molecular complexity index is 908. The van der Waals surface area contributed by atoms with Crippen molar-refractivity contribution >= 4 is 41.8 Å². The number of hydrogen-bond acceptors (Lipinski definition) is 5. The molecule has 0 unspecified atom stereocenters. The monoisotopic (exact) mass is 416 g/mol. The SMILES string of the molecule is CN(C(=O)c1cnc(N2CCNC2=O)nc1N)c1cccc(C(F)(F)F)c1.Cl. The maximum absolute atomic E-state index is 12.9. The number of carbonyl (C=O) groups is 2. The van der Waals surface area contributed by atoms with Gasteiger partial charge in [-0.2, -0.15) is 18.2 Å². The summed E-state index contributed by atoms with van der Waals surface area (Å²) in [6.45, 7) is 0.788. The Morgan fingerprint density at radius 2 is 2.07 bits per heavy atom. The molecule has 2 aromatic rings. The van der Waals surface area contributed by atoms with Gasteiger partial charge in [0.1, 0.15) is 11.4 Å². The second-order valence-corrected chi connectivity index (χ2v) is 5.76. The highest BCUT2D eigenvalue weighted by Crippen LogP contribution is 2.31. The molecule has 1 aliphatic heterocycles. The lowest BCUT2D eigenvalue weighted by Crippen LogP contribution is -2.31. The highest BCUT2D eigenvalue weighted by atomic mass is 35.5. The molecule has 1 fully saturated rings. The number of nitrogen functional groups attached to an aromatic ring is 1. The number of halogens is 4. The Balaban J connectivity index is 0.00000280. The molecule has 3 rings (SSSR count). The standard InChI is InChI=1S/C16H15F3N6O2.ClH/c1-24(10-4-2-3-9(7-10)16(17,18)19)13(26)11-8-22-14(23-12(11)20)25-6-5-21-15(25)27;/h2-4,7-8H,5-6H2,1H3,(H,21,27)(H2,20,22,23);1H. The van der Waals surface area contributed by atoms with Crippen molar-refractivity contribution in [2.75, 3.05) is 35.7 Å². The number of amides is 3. The number of nitrogens with two attached hydrogens (primary N) is 1. The zero-order valence-electron chi connectivity index (χ0n) is 14.5. The van der Waals surface area contributed by atoms with E-state index < -0.39 is 17.6 Å². The molecule has 1 aromatic heterocycles. The van der Waals surface area contributed by atoms with E-state index in [2.05, 4.69) is 15.3 Å². The van der Waals surface area contributed by atoms with E-state index in [9.17, 15) is 22.8 Å². The van der Waals surface area contributed by atoms with Gasteiger partial charge < -0.3 is 16.0 Å². The maximum atomic E-state index is 12.9. The quantitative estimate of drug-likeness (QED) is 0.799. The lowest BCUT2D eigenvalue weighted by molar-refractivity contribution is -0.137. The van der Waals surface area contributed by atoms with Crippen LogP contribution in [0.1, 0.15) is 15.9 Å². The predicted octanol–water partition coefficient (Wildman–Crippen LogP) is 2.31. The first kappa shape index (κ1) is 21.2. The summed E-state index contributed by atoms with van der Waals surface area (Å²) in [6.07, 6.45) is -3.38. The Morgan fingerprint density at radius 3 is 2.64 bits per heavy atom. The molecule has 3 N–H and O–H groups in total. The average molecular weight is 417 g/mol. The average Bonchev–Trinajstić information content (AvgIpc) is 3.06. The summed E-state index contributed by atoms with van der Waals surface area (Å²) in [6, 6.07) is 3.96. The number of hydrogen-bond donors (Lipinski definition) is 2. The van der Waals surface area contributed by atoms with Crippen LogP contribution in [0.15, 0.2) is 30.5 Å². The fourth-order valence-corrected chi connectivity index (χ4v) is 2.53. The van der Waals surface area contributed by atoms with Crippen molar-refractivity contribution < 1.29 is 22.8 Å². The molecule has 0 saturated carbocycles. The van der Waals surface area contributed by atoms with E-state index in [4.69, 9.17) is 5.73 Å². The van der Waals surface area contributed by atoms with E-state index in [1.165, 1.54) is 24.1 Å². The number of nitrogens with one attached hydrogen (secondary N) is 1. The predicted molar refractivity (Wildman–Crippen MR) is 98.6 cm³/mol. The third-order valence-corrected chi connectivity index (χ3v) is 4.00. The Hall–Kier alpha value is -3.08. The first-order chi connectivity index (χ1) is 12.7. The summed E-state index contributed by atoms with van der Waals surface area (Å²) < 4.78 is 38.6. The van der Waals surface area contributed by atoms with E-state index in [0.717, 1.165) is 23.2 Å². The van der Waals surface area contributed by atoms with E-state index in [-0.39, 0.29) is 41.5 Å². The molecule has 0 bridgehead atoms. The van der Waals surface area contributed by atoms with Crippen LogP contribution in [0, 0.1) is 0 Å². The zero-order chi connectivity index (χ0) is 19.8. The molecule has 2 heterocycles. The highest BCUT2D eigenvalue weighted by molar-refractivity contribution is 6.08. The van der Waals surface area contributed by atoms with E-state index in [1.54, 1.807) is 0 Å². The van der Waals surface area contributed by atoms with Gasteiger partial charge in [0.25, 0.3) is 5.91 Å². The van der Waals surface area contributed by atoms with Crippen molar-refractivity contribution in [1.29, 1.82) is 0 Å². The van der Waals surface area contributed by atoms with Gasteiger partial charge in [0.05, 0.1) is 5.56 Å². The maximum Gasteiger partial charge on any atom is 0.416 e. The van der Waals surface area contributed by atoms with Gasteiger partial charge in [0, 0.05) is 32.0 Å². The van der Waals surface area contributed by atoms with Gasteiger partial charge in [0.15, 0.2) is 0 Å².